The highest BCUT2D eigenvalue weighted by atomic mass is 15.1. The summed E-state index contributed by atoms with van der Waals surface area (Å²) < 4.78 is 0. The molecule has 0 amide bonds. The van der Waals surface area contributed by atoms with Crippen LogP contribution in [0.25, 0.3) is 55.3 Å². The summed E-state index contributed by atoms with van der Waals surface area (Å²) in [4.78, 5) is 2.61. The van der Waals surface area contributed by atoms with Gasteiger partial charge in [-0.25, -0.2) is 0 Å². The molecule has 0 N–H and O–H groups in total. The van der Waals surface area contributed by atoms with Crippen LogP contribution in [0.3, 0.4) is 0 Å². The number of benzene rings is 10. The molecule has 0 bridgehead atoms. The number of hydrogen-bond acceptors (Lipinski definition) is 1. The summed E-state index contributed by atoms with van der Waals surface area (Å²) in [5, 5.41) is 2.48. The summed E-state index contributed by atoms with van der Waals surface area (Å²) in [6.45, 7) is 9.57. The maximum atomic E-state index is 2.61. The van der Waals surface area contributed by atoms with Gasteiger partial charge in [-0.1, -0.05) is 216 Å². The van der Waals surface area contributed by atoms with Crippen LogP contribution in [0.5, 0.6) is 0 Å². The van der Waals surface area contributed by atoms with Gasteiger partial charge in [-0.05, 0) is 131 Å². The van der Waals surface area contributed by atoms with Crippen LogP contribution >= 0.6 is 0 Å². The molecule has 3 aliphatic carbocycles. The lowest BCUT2D eigenvalue weighted by molar-refractivity contribution is 0.660. The van der Waals surface area contributed by atoms with Crippen molar-refractivity contribution < 1.29 is 0 Å². The van der Waals surface area contributed by atoms with Crippen molar-refractivity contribution >= 4 is 27.8 Å². The topological polar surface area (TPSA) is 3.24 Å². The van der Waals surface area contributed by atoms with E-state index in [-0.39, 0.29) is 10.8 Å². The van der Waals surface area contributed by atoms with Crippen LogP contribution in [-0.2, 0) is 16.2 Å². The molecule has 0 fully saturated rings. The highest BCUT2D eigenvalue weighted by molar-refractivity contribution is 6.08. The van der Waals surface area contributed by atoms with E-state index in [1.807, 2.05) is 0 Å². The zero-order valence-electron chi connectivity index (χ0n) is 37.8. The fourth-order valence-electron chi connectivity index (χ4n) is 12.4. The molecule has 1 nitrogen and oxygen atoms in total. The Kier molecular flexibility index (Phi) is 8.28. The molecular formula is C65H49N. The Bertz CT molecular complexity index is 3430. The quantitative estimate of drug-likeness (QED) is 0.161. The molecule has 13 rings (SSSR count). The minimum absolute atomic E-state index is 0.173. The van der Waals surface area contributed by atoms with E-state index in [0.717, 1.165) is 11.4 Å². The first-order valence-corrected chi connectivity index (χ1v) is 23.4. The summed E-state index contributed by atoms with van der Waals surface area (Å²) in [6, 6.07) is 84.8. The average Bonchev–Trinajstić information content (AvgIpc) is 3.90. The van der Waals surface area contributed by atoms with Gasteiger partial charge in [-0.15, -0.1) is 0 Å². The van der Waals surface area contributed by atoms with Crippen LogP contribution in [0, 0.1) is 0 Å². The monoisotopic (exact) mass is 843 g/mol. The van der Waals surface area contributed by atoms with Gasteiger partial charge in [0.1, 0.15) is 0 Å². The van der Waals surface area contributed by atoms with E-state index in [2.05, 4.69) is 257 Å². The first-order valence-electron chi connectivity index (χ1n) is 23.4. The summed E-state index contributed by atoms with van der Waals surface area (Å²) in [6.07, 6.45) is 0. The smallest absolute Gasteiger partial charge is 0.0720 e. The zero-order chi connectivity index (χ0) is 44.4. The maximum Gasteiger partial charge on any atom is 0.0720 e. The zero-order valence-corrected chi connectivity index (χ0v) is 37.8. The van der Waals surface area contributed by atoms with Crippen LogP contribution in [0.1, 0.15) is 72.2 Å². The molecule has 0 spiro atoms. The van der Waals surface area contributed by atoms with E-state index >= 15 is 0 Å². The molecule has 10 aromatic rings. The molecule has 66 heavy (non-hydrogen) atoms. The lowest BCUT2D eigenvalue weighted by atomic mass is 9.66. The second-order valence-corrected chi connectivity index (χ2v) is 19.6. The van der Waals surface area contributed by atoms with Gasteiger partial charge in [0, 0.05) is 27.8 Å². The molecule has 10 aromatic carbocycles. The number of anilines is 3. The Balaban J connectivity index is 1.18. The van der Waals surface area contributed by atoms with Gasteiger partial charge in [-0.3, -0.25) is 0 Å². The molecule has 0 saturated heterocycles. The molecule has 1 heteroatoms. The van der Waals surface area contributed by atoms with Crippen molar-refractivity contribution in [1.29, 1.82) is 0 Å². The molecule has 0 unspecified atom stereocenters. The third kappa shape index (κ3) is 5.29. The summed E-state index contributed by atoms with van der Waals surface area (Å²) in [5.74, 6) is 0. The first kappa shape index (κ1) is 38.7. The van der Waals surface area contributed by atoms with Crippen LogP contribution in [0.4, 0.5) is 17.1 Å². The van der Waals surface area contributed by atoms with Gasteiger partial charge in [0.05, 0.1) is 11.1 Å². The Morgan fingerprint density at radius 1 is 0.333 bits per heavy atom. The minimum Gasteiger partial charge on any atom is -0.310 e. The third-order valence-corrected chi connectivity index (χ3v) is 15.5. The van der Waals surface area contributed by atoms with Crippen LogP contribution in [-0.4, -0.2) is 0 Å². The SMILES string of the molecule is CC1(C)c2ccccc2-c2ccc(N(c3ccc4c(c3)C(C)(C)c3ccccc3-4)c3cc4ccccc4c4c3-c3cc(-c5ccccc5)ccc3C4(c3ccccc3)c3ccccc3)cc21. The van der Waals surface area contributed by atoms with Gasteiger partial charge >= 0.3 is 0 Å². The summed E-state index contributed by atoms with van der Waals surface area (Å²) in [5.41, 5.74) is 23.3. The van der Waals surface area contributed by atoms with E-state index in [0.29, 0.717) is 0 Å². The highest BCUT2D eigenvalue weighted by Crippen LogP contribution is 2.63. The molecule has 0 aromatic heterocycles. The number of nitrogens with zero attached hydrogens (tertiary/aromatic N) is 1. The van der Waals surface area contributed by atoms with Crippen molar-refractivity contribution in [2.75, 3.05) is 4.90 Å². The fourth-order valence-corrected chi connectivity index (χ4v) is 12.4. The second-order valence-electron chi connectivity index (χ2n) is 19.6. The molecule has 0 atom stereocenters. The van der Waals surface area contributed by atoms with Crippen molar-refractivity contribution in [3.05, 3.63) is 269 Å². The summed E-state index contributed by atoms with van der Waals surface area (Å²) in [7, 11) is 0. The van der Waals surface area contributed by atoms with Crippen LogP contribution in [0.15, 0.2) is 224 Å². The highest BCUT2D eigenvalue weighted by Gasteiger charge is 2.49. The third-order valence-electron chi connectivity index (χ3n) is 15.5. The number of fused-ring (bicyclic) bond motifs is 11. The summed E-state index contributed by atoms with van der Waals surface area (Å²) >= 11 is 0. The van der Waals surface area contributed by atoms with Crippen molar-refractivity contribution in [3.8, 4) is 44.5 Å². The van der Waals surface area contributed by atoms with Gasteiger partial charge in [0.15, 0.2) is 0 Å². The predicted octanol–water partition coefficient (Wildman–Crippen LogP) is 17.0. The molecular weight excluding hydrogens is 795 g/mol. The molecule has 314 valence electrons. The predicted molar refractivity (Wildman–Crippen MR) is 276 cm³/mol. The Hall–Kier alpha value is -7.74. The van der Waals surface area contributed by atoms with E-state index < -0.39 is 5.41 Å². The maximum absolute atomic E-state index is 2.61. The lowest BCUT2D eigenvalue weighted by Gasteiger charge is -2.36. The number of hydrogen-bond donors (Lipinski definition) is 0. The minimum atomic E-state index is -0.618. The molecule has 0 radical (unpaired) electrons. The number of rotatable bonds is 6. The standard InChI is InChI=1S/C65H49N/c1-63(2)55-30-18-16-28-50(55)52-35-33-47(40-58(52)63)66(48-34-36-53-51-29-17-19-31-56(51)64(3,4)59(53)41-48)60-39-44-22-14-15-27-49(44)62-61(60)54-38-43(42-20-8-5-9-21-42)32-37-57(54)65(62,45-23-10-6-11-24-45)46-25-12-7-13-26-46/h5-41H,1-4H3. The van der Waals surface area contributed by atoms with Crippen molar-refractivity contribution in [3.63, 3.8) is 0 Å². The Morgan fingerprint density at radius 3 is 1.39 bits per heavy atom. The van der Waals surface area contributed by atoms with Gasteiger partial charge < -0.3 is 4.90 Å². The van der Waals surface area contributed by atoms with Crippen molar-refractivity contribution in [2.24, 2.45) is 0 Å². The lowest BCUT2D eigenvalue weighted by Crippen LogP contribution is -2.29. The van der Waals surface area contributed by atoms with Crippen LogP contribution in [0.2, 0.25) is 0 Å². The van der Waals surface area contributed by atoms with E-state index in [4.69, 9.17) is 0 Å². The molecule has 0 saturated carbocycles. The largest absolute Gasteiger partial charge is 0.310 e. The van der Waals surface area contributed by atoms with Gasteiger partial charge in [0.2, 0.25) is 0 Å². The fraction of sp³-hybridized carbons (Fsp3) is 0.108. The normalized spacial score (nSPS) is 15.0. The van der Waals surface area contributed by atoms with Gasteiger partial charge in [0.25, 0.3) is 0 Å². The average molecular weight is 844 g/mol. The van der Waals surface area contributed by atoms with E-state index in [1.165, 1.54) is 105 Å². The molecule has 0 heterocycles. The molecule has 3 aliphatic rings. The second kappa shape index (κ2) is 14.1. The Morgan fingerprint density at radius 2 is 0.818 bits per heavy atom. The van der Waals surface area contributed by atoms with Gasteiger partial charge in [-0.2, -0.15) is 0 Å². The Labute approximate surface area is 388 Å². The molecule has 0 aliphatic heterocycles. The first-order chi connectivity index (χ1) is 32.3. The van der Waals surface area contributed by atoms with Crippen molar-refractivity contribution in [2.45, 2.75) is 43.9 Å². The van der Waals surface area contributed by atoms with E-state index in [1.54, 1.807) is 0 Å². The van der Waals surface area contributed by atoms with Crippen molar-refractivity contribution in [1.82, 2.24) is 0 Å². The van der Waals surface area contributed by atoms with Crippen LogP contribution < -0.4 is 4.90 Å². The van der Waals surface area contributed by atoms with E-state index in [9.17, 15) is 0 Å².